The molecule has 0 radical (unpaired) electrons. The lowest BCUT2D eigenvalue weighted by molar-refractivity contribution is 0.136. The van der Waals surface area contributed by atoms with E-state index < -0.39 is 6.09 Å². The quantitative estimate of drug-likeness (QED) is 0.687. The lowest BCUT2D eigenvalue weighted by atomic mass is 9.98. The van der Waals surface area contributed by atoms with Crippen molar-refractivity contribution in [1.82, 2.24) is 5.32 Å². The van der Waals surface area contributed by atoms with Gasteiger partial charge in [0.1, 0.15) is 6.61 Å². The summed E-state index contributed by atoms with van der Waals surface area (Å²) in [5.74, 6) is 0.0216. The predicted molar refractivity (Wildman–Crippen MR) is 101 cm³/mol. The van der Waals surface area contributed by atoms with Gasteiger partial charge in [-0.1, -0.05) is 48.5 Å². The molecule has 1 aromatic heterocycles. The van der Waals surface area contributed by atoms with Crippen molar-refractivity contribution in [2.24, 2.45) is 0 Å². The molecular formula is C22H21NO4. The van der Waals surface area contributed by atoms with Gasteiger partial charge in [0.05, 0.1) is 18.6 Å². The van der Waals surface area contributed by atoms with Crippen molar-refractivity contribution >= 4 is 6.09 Å². The number of fused-ring (bicyclic) bond motifs is 3. The molecule has 1 unspecified atom stereocenters. The summed E-state index contributed by atoms with van der Waals surface area (Å²) in [7, 11) is 0. The van der Waals surface area contributed by atoms with E-state index in [0.29, 0.717) is 6.42 Å². The number of aliphatic hydroxyl groups excluding tert-OH is 1. The molecule has 5 heteroatoms. The van der Waals surface area contributed by atoms with Crippen molar-refractivity contribution in [2.45, 2.75) is 18.4 Å². The Morgan fingerprint density at radius 1 is 1.07 bits per heavy atom. The van der Waals surface area contributed by atoms with Gasteiger partial charge in [0, 0.05) is 18.1 Å². The molecule has 0 saturated carbocycles. The number of alkyl carbamates (subject to hydrolysis) is 1. The number of ether oxygens (including phenoxy) is 1. The minimum Gasteiger partial charge on any atom is -0.472 e. The predicted octanol–water partition coefficient (Wildman–Crippen LogP) is 4.24. The van der Waals surface area contributed by atoms with E-state index in [1.165, 1.54) is 22.3 Å². The van der Waals surface area contributed by atoms with Crippen LogP contribution >= 0.6 is 0 Å². The Kier molecular flexibility index (Phi) is 4.94. The molecule has 0 saturated heterocycles. The van der Waals surface area contributed by atoms with Crippen LogP contribution in [0.25, 0.3) is 11.1 Å². The number of carbonyl (C=O) groups excluding carboxylic acids is 1. The third-order valence-electron chi connectivity index (χ3n) is 5.00. The topological polar surface area (TPSA) is 71.7 Å². The molecule has 1 atom stereocenters. The van der Waals surface area contributed by atoms with Crippen molar-refractivity contribution in [3.05, 3.63) is 83.8 Å². The summed E-state index contributed by atoms with van der Waals surface area (Å²) in [6.45, 7) is 0.219. The zero-order chi connectivity index (χ0) is 18.6. The Labute approximate surface area is 157 Å². The molecular weight excluding hydrogens is 342 g/mol. The first-order chi connectivity index (χ1) is 13.3. The molecule has 1 aliphatic carbocycles. The van der Waals surface area contributed by atoms with Gasteiger partial charge in [0.25, 0.3) is 0 Å². The average molecular weight is 363 g/mol. The monoisotopic (exact) mass is 363 g/mol. The Balaban J connectivity index is 1.46. The van der Waals surface area contributed by atoms with Crippen LogP contribution in [0.1, 0.15) is 35.1 Å². The van der Waals surface area contributed by atoms with E-state index >= 15 is 0 Å². The number of amides is 1. The first-order valence-electron chi connectivity index (χ1n) is 9.02. The van der Waals surface area contributed by atoms with Crippen LogP contribution in [0.3, 0.4) is 0 Å². The molecule has 3 aromatic rings. The van der Waals surface area contributed by atoms with Gasteiger partial charge in [0.15, 0.2) is 0 Å². The van der Waals surface area contributed by atoms with Crippen LogP contribution < -0.4 is 5.32 Å². The molecule has 4 rings (SSSR count). The van der Waals surface area contributed by atoms with E-state index in [9.17, 15) is 9.90 Å². The average Bonchev–Trinajstić information content (AvgIpc) is 3.33. The van der Waals surface area contributed by atoms with Crippen molar-refractivity contribution in [3.8, 4) is 11.1 Å². The number of nitrogens with one attached hydrogen (secondary N) is 1. The van der Waals surface area contributed by atoms with Crippen LogP contribution in [0.5, 0.6) is 0 Å². The van der Waals surface area contributed by atoms with Gasteiger partial charge in [-0.15, -0.1) is 0 Å². The van der Waals surface area contributed by atoms with Gasteiger partial charge in [-0.2, -0.15) is 0 Å². The molecule has 0 spiro atoms. The first kappa shape index (κ1) is 17.4. The normalized spacial score (nSPS) is 13.7. The highest BCUT2D eigenvalue weighted by molar-refractivity contribution is 5.79. The third-order valence-corrected chi connectivity index (χ3v) is 5.00. The zero-order valence-electron chi connectivity index (χ0n) is 14.8. The molecule has 2 aromatic carbocycles. The van der Waals surface area contributed by atoms with Crippen LogP contribution in [-0.2, 0) is 4.74 Å². The molecule has 2 N–H and O–H groups in total. The van der Waals surface area contributed by atoms with Gasteiger partial charge in [-0.3, -0.25) is 0 Å². The summed E-state index contributed by atoms with van der Waals surface area (Å²) in [6.07, 6.45) is 2.99. The van der Waals surface area contributed by atoms with E-state index in [2.05, 4.69) is 29.6 Å². The Morgan fingerprint density at radius 2 is 1.74 bits per heavy atom. The van der Waals surface area contributed by atoms with Crippen molar-refractivity contribution in [3.63, 3.8) is 0 Å². The number of rotatable bonds is 6. The van der Waals surface area contributed by atoms with Crippen LogP contribution in [0.4, 0.5) is 4.79 Å². The fourth-order valence-corrected chi connectivity index (χ4v) is 3.71. The van der Waals surface area contributed by atoms with Crippen LogP contribution in [0, 0.1) is 0 Å². The number of hydrogen-bond acceptors (Lipinski definition) is 4. The second-order valence-electron chi connectivity index (χ2n) is 6.59. The zero-order valence-corrected chi connectivity index (χ0v) is 14.8. The van der Waals surface area contributed by atoms with Gasteiger partial charge < -0.3 is 19.6 Å². The van der Waals surface area contributed by atoms with Crippen molar-refractivity contribution in [2.75, 3.05) is 13.2 Å². The molecule has 0 bridgehead atoms. The van der Waals surface area contributed by atoms with E-state index in [1.54, 1.807) is 18.6 Å². The SMILES string of the molecule is O=C(NC(CCO)c1ccoc1)OCC1c2ccccc2-c2ccccc21. The lowest BCUT2D eigenvalue weighted by Crippen LogP contribution is -2.30. The molecule has 1 amide bonds. The number of benzene rings is 2. The number of hydrogen-bond donors (Lipinski definition) is 2. The highest BCUT2D eigenvalue weighted by Gasteiger charge is 2.29. The minimum atomic E-state index is -0.503. The molecule has 5 nitrogen and oxygen atoms in total. The lowest BCUT2D eigenvalue weighted by Gasteiger charge is -2.18. The van der Waals surface area contributed by atoms with E-state index in [-0.39, 0.29) is 25.2 Å². The second kappa shape index (κ2) is 7.68. The summed E-state index contributed by atoms with van der Waals surface area (Å²) in [6, 6.07) is 17.9. The highest BCUT2D eigenvalue weighted by atomic mass is 16.5. The summed E-state index contributed by atoms with van der Waals surface area (Å²) in [4.78, 5) is 12.4. The van der Waals surface area contributed by atoms with Gasteiger partial charge in [-0.05, 0) is 34.7 Å². The van der Waals surface area contributed by atoms with Crippen LogP contribution in [-0.4, -0.2) is 24.4 Å². The Hall–Kier alpha value is -3.05. The van der Waals surface area contributed by atoms with Crippen molar-refractivity contribution < 1.29 is 19.1 Å². The minimum absolute atomic E-state index is 0.0216. The van der Waals surface area contributed by atoms with Crippen LogP contribution in [0.15, 0.2) is 71.5 Å². The summed E-state index contributed by atoms with van der Waals surface area (Å²) in [5, 5.41) is 12.1. The second-order valence-corrected chi connectivity index (χ2v) is 6.59. The molecule has 27 heavy (non-hydrogen) atoms. The third kappa shape index (κ3) is 3.46. The van der Waals surface area contributed by atoms with Crippen LogP contribution in [0.2, 0.25) is 0 Å². The Bertz CT molecular complexity index is 874. The largest absolute Gasteiger partial charge is 0.472 e. The maximum absolute atomic E-state index is 12.4. The number of furan rings is 1. The molecule has 1 aliphatic rings. The van der Waals surface area contributed by atoms with E-state index in [1.807, 2.05) is 24.3 Å². The van der Waals surface area contributed by atoms with Gasteiger partial charge in [-0.25, -0.2) is 4.79 Å². The molecule has 0 aliphatic heterocycles. The maximum Gasteiger partial charge on any atom is 0.407 e. The fourth-order valence-electron chi connectivity index (χ4n) is 3.71. The van der Waals surface area contributed by atoms with Gasteiger partial charge >= 0.3 is 6.09 Å². The molecule has 0 fully saturated rings. The first-order valence-corrected chi connectivity index (χ1v) is 9.02. The van der Waals surface area contributed by atoms with Crippen molar-refractivity contribution in [1.29, 1.82) is 0 Å². The smallest absolute Gasteiger partial charge is 0.407 e. The van der Waals surface area contributed by atoms with E-state index in [4.69, 9.17) is 9.15 Å². The van der Waals surface area contributed by atoms with Gasteiger partial charge in [0.2, 0.25) is 0 Å². The Morgan fingerprint density at radius 3 is 2.33 bits per heavy atom. The maximum atomic E-state index is 12.4. The fraction of sp³-hybridized carbons (Fsp3) is 0.227. The number of carbonyl (C=O) groups is 1. The summed E-state index contributed by atoms with van der Waals surface area (Å²) < 4.78 is 10.6. The molecule has 138 valence electrons. The highest BCUT2D eigenvalue weighted by Crippen LogP contribution is 2.44. The standard InChI is InChI=1S/C22H21NO4/c24-11-9-21(15-10-12-26-13-15)23-22(25)27-14-20-18-7-3-1-5-16(18)17-6-2-4-8-19(17)20/h1-8,10,12-13,20-21,24H,9,11,14H2,(H,23,25). The van der Waals surface area contributed by atoms with E-state index in [0.717, 1.165) is 5.56 Å². The summed E-state index contributed by atoms with van der Waals surface area (Å²) in [5.41, 5.74) is 5.54. The summed E-state index contributed by atoms with van der Waals surface area (Å²) >= 11 is 0. The number of aliphatic hydroxyl groups is 1. The molecule has 1 heterocycles.